The van der Waals surface area contributed by atoms with Crippen LogP contribution >= 0.6 is 0 Å². The van der Waals surface area contributed by atoms with Crippen molar-refractivity contribution in [2.24, 2.45) is 5.92 Å². The molecule has 0 bridgehead atoms. The van der Waals surface area contributed by atoms with Gasteiger partial charge in [-0.3, -0.25) is 9.59 Å². The van der Waals surface area contributed by atoms with Crippen LogP contribution < -0.4 is 4.74 Å². The number of ether oxygens (including phenoxy) is 2. The molecule has 1 atom stereocenters. The van der Waals surface area contributed by atoms with E-state index < -0.39 is 0 Å². The molecular formula is C19H30N2O4. The molecule has 0 spiro atoms. The maximum atomic E-state index is 12.7. The first kappa shape index (κ1) is 21.0. The molecular weight excluding hydrogens is 320 g/mol. The molecule has 0 saturated carbocycles. The van der Waals surface area contributed by atoms with Gasteiger partial charge in [-0.1, -0.05) is 19.1 Å². The first-order valence-corrected chi connectivity index (χ1v) is 8.59. The molecule has 0 heterocycles. The van der Waals surface area contributed by atoms with Crippen molar-refractivity contribution < 1.29 is 19.1 Å². The van der Waals surface area contributed by atoms with Gasteiger partial charge in [0.25, 0.3) is 0 Å². The van der Waals surface area contributed by atoms with E-state index in [2.05, 4.69) is 0 Å². The van der Waals surface area contributed by atoms with Crippen LogP contribution in [0.15, 0.2) is 24.3 Å². The summed E-state index contributed by atoms with van der Waals surface area (Å²) in [5.74, 6) is 0.143. The minimum atomic E-state index is -0.351. The second-order valence-electron chi connectivity index (χ2n) is 6.32. The zero-order valence-electron chi connectivity index (χ0n) is 15.9. The van der Waals surface area contributed by atoms with Crippen molar-refractivity contribution in [1.82, 2.24) is 9.80 Å². The van der Waals surface area contributed by atoms with Crippen LogP contribution in [0.1, 0.15) is 19.4 Å². The SMILES string of the molecule is CCOc1ccc(CC(=O)N(CCN(C)C)CC(C)C(=O)OC)cc1. The lowest BCUT2D eigenvalue weighted by Gasteiger charge is -2.26. The molecule has 0 fully saturated rings. The number of esters is 1. The average molecular weight is 350 g/mol. The van der Waals surface area contributed by atoms with Crippen molar-refractivity contribution in [2.45, 2.75) is 20.3 Å². The van der Waals surface area contributed by atoms with Crippen LogP contribution in [0.3, 0.4) is 0 Å². The molecule has 0 aliphatic rings. The second-order valence-corrected chi connectivity index (χ2v) is 6.32. The summed E-state index contributed by atoms with van der Waals surface area (Å²) in [6.45, 7) is 5.99. The number of nitrogens with zero attached hydrogens (tertiary/aromatic N) is 2. The molecule has 140 valence electrons. The highest BCUT2D eigenvalue weighted by molar-refractivity contribution is 5.80. The zero-order valence-corrected chi connectivity index (χ0v) is 15.9. The van der Waals surface area contributed by atoms with Gasteiger partial charge in [0.15, 0.2) is 0 Å². The van der Waals surface area contributed by atoms with Gasteiger partial charge >= 0.3 is 5.97 Å². The normalized spacial score (nSPS) is 11.9. The van der Waals surface area contributed by atoms with E-state index >= 15 is 0 Å². The van der Waals surface area contributed by atoms with E-state index in [0.717, 1.165) is 17.9 Å². The molecule has 0 radical (unpaired) electrons. The third-order valence-electron chi connectivity index (χ3n) is 3.86. The van der Waals surface area contributed by atoms with Gasteiger partial charge in [0.2, 0.25) is 5.91 Å². The Morgan fingerprint density at radius 1 is 1.12 bits per heavy atom. The summed E-state index contributed by atoms with van der Waals surface area (Å²) in [4.78, 5) is 28.1. The van der Waals surface area contributed by atoms with Crippen LogP contribution in [-0.4, -0.2) is 69.1 Å². The summed E-state index contributed by atoms with van der Waals surface area (Å²) in [5, 5.41) is 0. The van der Waals surface area contributed by atoms with Crippen molar-refractivity contribution in [3.05, 3.63) is 29.8 Å². The lowest BCUT2D eigenvalue weighted by Crippen LogP contribution is -2.41. The van der Waals surface area contributed by atoms with Crippen molar-refractivity contribution in [2.75, 3.05) is 47.4 Å². The first-order valence-electron chi connectivity index (χ1n) is 8.59. The minimum Gasteiger partial charge on any atom is -0.494 e. The zero-order chi connectivity index (χ0) is 18.8. The number of carbonyl (C=O) groups excluding carboxylic acids is 2. The number of hydrogen-bond acceptors (Lipinski definition) is 5. The Morgan fingerprint density at radius 2 is 1.76 bits per heavy atom. The molecule has 6 heteroatoms. The third kappa shape index (κ3) is 7.56. The predicted octanol–water partition coefficient (Wildman–Crippen LogP) is 1.83. The van der Waals surface area contributed by atoms with E-state index in [-0.39, 0.29) is 17.8 Å². The number of rotatable bonds is 10. The van der Waals surface area contributed by atoms with Gasteiger partial charge in [0.05, 0.1) is 26.1 Å². The van der Waals surface area contributed by atoms with Crippen LogP contribution in [0.2, 0.25) is 0 Å². The molecule has 1 aromatic carbocycles. The molecule has 0 aliphatic carbocycles. The molecule has 6 nitrogen and oxygen atoms in total. The molecule has 0 aliphatic heterocycles. The third-order valence-corrected chi connectivity index (χ3v) is 3.86. The number of amides is 1. The number of likely N-dealkylation sites (N-methyl/N-ethyl adjacent to an activating group) is 1. The fraction of sp³-hybridized carbons (Fsp3) is 0.579. The number of hydrogen-bond donors (Lipinski definition) is 0. The monoisotopic (exact) mass is 350 g/mol. The van der Waals surface area contributed by atoms with Gasteiger partial charge in [0, 0.05) is 19.6 Å². The van der Waals surface area contributed by atoms with Crippen LogP contribution in [0.5, 0.6) is 5.75 Å². The van der Waals surface area contributed by atoms with Crippen LogP contribution in [0.25, 0.3) is 0 Å². The van der Waals surface area contributed by atoms with Gasteiger partial charge < -0.3 is 19.3 Å². The minimum absolute atomic E-state index is 0.00163. The molecule has 25 heavy (non-hydrogen) atoms. The maximum Gasteiger partial charge on any atom is 0.310 e. The first-order chi connectivity index (χ1) is 11.9. The standard InChI is InChI=1S/C19H30N2O4/c1-6-25-17-9-7-16(8-10-17)13-18(22)21(12-11-20(3)4)14-15(2)19(23)24-5/h7-10,15H,6,11-14H2,1-5H3. The topological polar surface area (TPSA) is 59.1 Å². The highest BCUT2D eigenvalue weighted by Crippen LogP contribution is 2.14. The van der Waals surface area contributed by atoms with Crippen molar-refractivity contribution in [3.63, 3.8) is 0 Å². The maximum absolute atomic E-state index is 12.7. The Hall–Kier alpha value is -2.08. The Balaban J connectivity index is 2.74. The van der Waals surface area contributed by atoms with E-state index in [0.29, 0.717) is 26.1 Å². The molecule has 1 rings (SSSR count). The highest BCUT2D eigenvalue weighted by Gasteiger charge is 2.21. The Bertz CT molecular complexity index is 543. The van der Waals surface area contributed by atoms with E-state index in [9.17, 15) is 9.59 Å². The van der Waals surface area contributed by atoms with Crippen molar-refractivity contribution in [3.8, 4) is 5.75 Å². The fourth-order valence-corrected chi connectivity index (χ4v) is 2.40. The molecule has 1 unspecified atom stereocenters. The van der Waals surface area contributed by atoms with Crippen molar-refractivity contribution in [1.29, 1.82) is 0 Å². The fourth-order valence-electron chi connectivity index (χ4n) is 2.40. The Morgan fingerprint density at radius 3 is 2.28 bits per heavy atom. The smallest absolute Gasteiger partial charge is 0.310 e. The van der Waals surface area contributed by atoms with Crippen molar-refractivity contribution >= 4 is 11.9 Å². The highest BCUT2D eigenvalue weighted by atomic mass is 16.5. The van der Waals surface area contributed by atoms with Gasteiger partial charge in [-0.15, -0.1) is 0 Å². The van der Waals surface area contributed by atoms with E-state index in [1.54, 1.807) is 11.8 Å². The summed E-state index contributed by atoms with van der Waals surface area (Å²) in [5.41, 5.74) is 0.925. The quantitative estimate of drug-likeness (QED) is 0.603. The molecule has 0 saturated heterocycles. The van der Waals surface area contributed by atoms with Gasteiger partial charge in [0.1, 0.15) is 5.75 Å². The summed E-state index contributed by atoms with van der Waals surface area (Å²) in [6, 6.07) is 7.54. The Kier molecular flexibility index (Phi) is 8.99. The Labute approximate surface area is 150 Å². The average Bonchev–Trinajstić information content (AvgIpc) is 2.59. The lowest BCUT2D eigenvalue weighted by atomic mass is 10.1. The molecule has 1 aromatic rings. The van der Waals surface area contributed by atoms with Gasteiger partial charge in [-0.05, 0) is 38.7 Å². The summed E-state index contributed by atoms with van der Waals surface area (Å²) < 4.78 is 10.2. The number of benzene rings is 1. The molecule has 1 amide bonds. The number of methoxy groups -OCH3 is 1. The summed E-state index contributed by atoms with van der Waals surface area (Å²) in [6.07, 6.45) is 0.299. The van der Waals surface area contributed by atoms with Gasteiger partial charge in [-0.2, -0.15) is 0 Å². The van der Waals surface area contributed by atoms with E-state index in [1.807, 2.05) is 50.2 Å². The molecule has 0 aromatic heterocycles. The van der Waals surface area contributed by atoms with Crippen LogP contribution in [0, 0.1) is 5.92 Å². The van der Waals surface area contributed by atoms with Crippen LogP contribution in [0.4, 0.5) is 0 Å². The summed E-state index contributed by atoms with van der Waals surface area (Å²) >= 11 is 0. The second kappa shape index (κ2) is 10.7. The van der Waals surface area contributed by atoms with E-state index in [4.69, 9.17) is 9.47 Å². The molecule has 0 N–H and O–H groups in total. The van der Waals surface area contributed by atoms with Crippen LogP contribution in [-0.2, 0) is 20.7 Å². The van der Waals surface area contributed by atoms with Gasteiger partial charge in [-0.25, -0.2) is 0 Å². The summed E-state index contributed by atoms with van der Waals surface area (Å²) in [7, 11) is 5.28. The number of carbonyl (C=O) groups is 2. The lowest BCUT2D eigenvalue weighted by molar-refractivity contribution is -0.146. The predicted molar refractivity (Wildman–Crippen MR) is 97.6 cm³/mol. The largest absolute Gasteiger partial charge is 0.494 e. The van der Waals surface area contributed by atoms with E-state index in [1.165, 1.54) is 7.11 Å².